The van der Waals surface area contributed by atoms with Crippen molar-refractivity contribution in [1.29, 1.82) is 0 Å². The summed E-state index contributed by atoms with van der Waals surface area (Å²) in [5, 5.41) is 8.73. The van der Waals surface area contributed by atoms with Gasteiger partial charge in [0.25, 0.3) is 0 Å². The van der Waals surface area contributed by atoms with Gasteiger partial charge in [-0.25, -0.2) is 0 Å². The van der Waals surface area contributed by atoms with E-state index in [1.54, 1.807) is 0 Å². The number of pyridine rings is 1. The van der Waals surface area contributed by atoms with Gasteiger partial charge in [0, 0.05) is 36.6 Å². The third-order valence-electron chi connectivity index (χ3n) is 8.42. The van der Waals surface area contributed by atoms with Crippen molar-refractivity contribution in [2.75, 3.05) is 0 Å². The molecule has 0 amide bonds. The Balaban J connectivity index is 1.50. The standard InChI is InChI=1S/C29H30N3O/c1-5-28(3)29(4,22-14-15-22)24-16-13-21(18-23(24)25-8-6-7-17-32(25)28)27-31-30-26(33-27)20-11-9-19(2)10-12-20/h6-13,16-18,22H,5,14-15H2,1-4H3/q+1. The van der Waals surface area contributed by atoms with E-state index < -0.39 is 0 Å². The molecule has 0 N–H and O–H groups in total. The molecule has 3 heterocycles. The molecule has 4 heteroatoms. The van der Waals surface area contributed by atoms with E-state index in [4.69, 9.17) is 4.42 Å². The van der Waals surface area contributed by atoms with E-state index in [1.165, 1.54) is 35.2 Å². The molecule has 0 bridgehead atoms. The first-order chi connectivity index (χ1) is 16.0. The maximum Gasteiger partial charge on any atom is 0.248 e. The van der Waals surface area contributed by atoms with E-state index in [9.17, 15) is 0 Å². The van der Waals surface area contributed by atoms with Crippen LogP contribution in [-0.4, -0.2) is 10.2 Å². The second kappa shape index (κ2) is 7.11. The highest BCUT2D eigenvalue weighted by Crippen LogP contribution is 2.59. The van der Waals surface area contributed by atoms with E-state index in [2.05, 4.69) is 97.2 Å². The molecule has 0 radical (unpaired) electrons. The Labute approximate surface area is 195 Å². The number of aryl methyl sites for hydroxylation is 1. The Hall–Kier alpha value is -3.27. The van der Waals surface area contributed by atoms with Gasteiger partial charge in [0.15, 0.2) is 11.7 Å². The lowest BCUT2D eigenvalue weighted by Crippen LogP contribution is -2.68. The average Bonchev–Trinajstić information content (AvgIpc) is 3.60. The van der Waals surface area contributed by atoms with Gasteiger partial charge in [0.1, 0.15) is 0 Å². The minimum absolute atomic E-state index is 0.0301. The van der Waals surface area contributed by atoms with Crippen molar-refractivity contribution in [3.8, 4) is 34.2 Å². The first-order valence-electron chi connectivity index (χ1n) is 12.0. The molecule has 1 saturated carbocycles. The quantitative estimate of drug-likeness (QED) is 0.344. The van der Waals surface area contributed by atoms with Crippen LogP contribution in [0.4, 0.5) is 0 Å². The summed E-state index contributed by atoms with van der Waals surface area (Å²) < 4.78 is 8.64. The zero-order chi connectivity index (χ0) is 22.8. The lowest BCUT2D eigenvalue weighted by atomic mass is 9.59. The lowest BCUT2D eigenvalue weighted by Gasteiger charge is -2.47. The molecule has 2 aromatic heterocycles. The Morgan fingerprint density at radius 2 is 1.64 bits per heavy atom. The molecule has 0 saturated heterocycles. The normalized spacial score (nSPS) is 23.8. The SMILES string of the molecule is CCC1(C)[n+]2ccccc2-c2cc(-c3nnc(-c4ccc(C)cc4)o3)ccc2C1(C)C1CC1. The highest BCUT2D eigenvalue weighted by Gasteiger charge is 2.62. The van der Waals surface area contributed by atoms with Gasteiger partial charge in [-0.1, -0.05) is 30.7 Å². The van der Waals surface area contributed by atoms with Crippen LogP contribution in [0.3, 0.4) is 0 Å². The number of rotatable bonds is 4. The van der Waals surface area contributed by atoms with Crippen molar-refractivity contribution in [2.45, 2.75) is 57.9 Å². The van der Waals surface area contributed by atoms with Gasteiger partial charge < -0.3 is 4.42 Å². The molecule has 1 aliphatic heterocycles. The van der Waals surface area contributed by atoms with Gasteiger partial charge in [-0.2, -0.15) is 4.57 Å². The molecule has 2 aromatic carbocycles. The van der Waals surface area contributed by atoms with E-state index in [-0.39, 0.29) is 11.0 Å². The summed E-state index contributed by atoms with van der Waals surface area (Å²) in [7, 11) is 0. The van der Waals surface area contributed by atoms with Gasteiger partial charge in [0.05, 0.1) is 11.0 Å². The fourth-order valence-corrected chi connectivity index (χ4v) is 5.99. The largest absolute Gasteiger partial charge is 0.416 e. The minimum atomic E-state index is 0.0301. The number of aromatic nitrogens is 3. The van der Waals surface area contributed by atoms with E-state index in [1.807, 2.05) is 12.1 Å². The molecule has 0 spiro atoms. The third-order valence-corrected chi connectivity index (χ3v) is 8.42. The Kier molecular flexibility index (Phi) is 4.39. The average molecular weight is 437 g/mol. The lowest BCUT2D eigenvalue weighted by molar-refractivity contribution is -0.765. The van der Waals surface area contributed by atoms with Gasteiger partial charge in [-0.3, -0.25) is 0 Å². The van der Waals surface area contributed by atoms with Gasteiger partial charge in [-0.15, -0.1) is 10.2 Å². The predicted molar refractivity (Wildman–Crippen MR) is 130 cm³/mol. The maximum atomic E-state index is 6.12. The van der Waals surface area contributed by atoms with Crippen LogP contribution in [0.25, 0.3) is 34.2 Å². The van der Waals surface area contributed by atoms with Crippen molar-refractivity contribution in [2.24, 2.45) is 5.92 Å². The first kappa shape index (κ1) is 20.3. The Morgan fingerprint density at radius 1 is 0.939 bits per heavy atom. The topological polar surface area (TPSA) is 42.8 Å². The Bertz CT molecular complexity index is 1350. The molecule has 2 unspecified atom stereocenters. The molecular weight excluding hydrogens is 406 g/mol. The minimum Gasteiger partial charge on any atom is -0.416 e. The maximum absolute atomic E-state index is 6.12. The van der Waals surface area contributed by atoms with Gasteiger partial charge >= 0.3 is 0 Å². The second-order valence-corrected chi connectivity index (χ2v) is 10.1. The zero-order valence-electron chi connectivity index (χ0n) is 19.8. The van der Waals surface area contributed by atoms with Crippen molar-refractivity contribution in [1.82, 2.24) is 10.2 Å². The smallest absolute Gasteiger partial charge is 0.248 e. The third kappa shape index (κ3) is 2.86. The zero-order valence-corrected chi connectivity index (χ0v) is 19.8. The highest BCUT2D eigenvalue weighted by molar-refractivity contribution is 5.72. The molecule has 4 nitrogen and oxygen atoms in total. The molecule has 4 aromatic rings. The summed E-state index contributed by atoms with van der Waals surface area (Å²) in [4.78, 5) is 0. The molecule has 2 atom stereocenters. The van der Waals surface area contributed by atoms with Crippen LogP contribution in [0, 0.1) is 12.8 Å². The molecule has 2 aliphatic rings. The fraction of sp³-hybridized carbons (Fsp3) is 0.345. The Morgan fingerprint density at radius 3 is 2.33 bits per heavy atom. The second-order valence-electron chi connectivity index (χ2n) is 10.1. The van der Waals surface area contributed by atoms with Crippen LogP contribution in [0.1, 0.15) is 51.2 Å². The first-order valence-corrected chi connectivity index (χ1v) is 12.0. The van der Waals surface area contributed by atoms with Gasteiger partial charge in [-0.05, 0) is 68.5 Å². The molecule has 33 heavy (non-hydrogen) atoms. The van der Waals surface area contributed by atoms with Crippen molar-refractivity contribution >= 4 is 0 Å². The van der Waals surface area contributed by atoms with E-state index in [0.717, 1.165) is 17.5 Å². The number of hydrogen-bond donors (Lipinski definition) is 0. The predicted octanol–water partition coefficient (Wildman–Crippen LogP) is 6.47. The van der Waals surface area contributed by atoms with Crippen LogP contribution in [0.2, 0.25) is 0 Å². The van der Waals surface area contributed by atoms with Gasteiger partial charge in [0.2, 0.25) is 17.5 Å². The highest BCUT2D eigenvalue weighted by atomic mass is 16.4. The van der Waals surface area contributed by atoms with Crippen LogP contribution in [0.15, 0.2) is 71.3 Å². The molecule has 1 fully saturated rings. The molecule has 166 valence electrons. The molecule has 6 rings (SSSR count). The number of fused-ring (bicyclic) bond motifs is 3. The van der Waals surface area contributed by atoms with Crippen molar-refractivity contribution in [3.63, 3.8) is 0 Å². The van der Waals surface area contributed by atoms with E-state index in [0.29, 0.717) is 17.7 Å². The fourth-order valence-electron chi connectivity index (χ4n) is 5.99. The van der Waals surface area contributed by atoms with Crippen molar-refractivity contribution in [3.05, 3.63) is 78.0 Å². The number of benzene rings is 2. The van der Waals surface area contributed by atoms with Crippen LogP contribution < -0.4 is 4.57 Å². The summed E-state index contributed by atoms with van der Waals surface area (Å²) in [6, 6.07) is 21.5. The van der Waals surface area contributed by atoms with Crippen LogP contribution in [0.5, 0.6) is 0 Å². The number of nitrogens with zero attached hydrogens (tertiary/aromatic N) is 3. The van der Waals surface area contributed by atoms with E-state index >= 15 is 0 Å². The summed E-state index contributed by atoms with van der Waals surface area (Å²) in [5.74, 6) is 1.83. The monoisotopic (exact) mass is 436 g/mol. The molecular formula is C29H30N3O+. The summed E-state index contributed by atoms with van der Waals surface area (Å²) in [6.07, 6.45) is 5.96. The van der Waals surface area contributed by atoms with Crippen LogP contribution >= 0.6 is 0 Å². The van der Waals surface area contributed by atoms with Crippen LogP contribution in [-0.2, 0) is 11.0 Å². The number of hydrogen-bond acceptors (Lipinski definition) is 3. The summed E-state index contributed by atoms with van der Waals surface area (Å²) in [6.45, 7) is 9.33. The van der Waals surface area contributed by atoms with Crippen molar-refractivity contribution < 1.29 is 8.98 Å². The molecule has 1 aliphatic carbocycles. The summed E-state index contributed by atoms with van der Waals surface area (Å²) in [5.41, 5.74) is 7.22. The summed E-state index contributed by atoms with van der Waals surface area (Å²) >= 11 is 0.